The molecule has 1 aromatic carbocycles. The lowest BCUT2D eigenvalue weighted by atomic mass is 10.1. The third kappa shape index (κ3) is 2.55. The molecule has 3 heteroatoms. The van der Waals surface area contributed by atoms with E-state index in [0.29, 0.717) is 6.61 Å². The molecule has 0 aliphatic rings. The van der Waals surface area contributed by atoms with Crippen molar-refractivity contribution in [3.05, 3.63) is 30.0 Å². The fourth-order valence-corrected chi connectivity index (χ4v) is 1.61. The Morgan fingerprint density at radius 2 is 2.06 bits per heavy atom. The number of aromatic nitrogens is 1. The fourth-order valence-electron chi connectivity index (χ4n) is 1.61. The Kier molecular flexibility index (Phi) is 2.64. The first kappa shape index (κ1) is 11.0. The van der Waals surface area contributed by atoms with Crippen LogP contribution in [0, 0.1) is 6.92 Å². The second-order valence-corrected chi connectivity index (χ2v) is 4.98. The number of aryl methyl sites for hydroxylation is 1. The van der Waals surface area contributed by atoms with Crippen molar-refractivity contribution in [3.63, 3.8) is 0 Å². The Labute approximate surface area is 95.6 Å². The monoisotopic (exact) mass is 218 g/mol. The number of aromatic amines is 1. The van der Waals surface area contributed by atoms with Gasteiger partial charge in [0.05, 0.1) is 0 Å². The van der Waals surface area contributed by atoms with Gasteiger partial charge in [-0.2, -0.15) is 0 Å². The van der Waals surface area contributed by atoms with Crippen LogP contribution in [0.15, 0.2) is 24.3 Å². The predicted molar refractivity (Wildman–Crippen MR) is 66.8 cm³/mol. The van der Waals surface area contributed by atoms with Crippen LogP contribution in [0.25, 0.3) is 10.9 Å². The molecular formula is C13H18N2O. The van der Waals surface area contributed by atoms with Gasteiger partial charge in [-0.25, -0.2) is 0 Å². The molecule has 3 nitrogen and oxygen atoms in total. The van der Waals surface area contributed by atoms with Crippen molar-refractivity contribution in [2.45, 2.75) is 26.3 Å². The molecule has 0 radical (unpaired) electrons. The quantitative estimate of drug-likeness (QED) is 0.832. The van der Waals surface area contributed by atoms with Crippen LogP contribution >= 0.6 is 0 Å². The molecular weight excluding hydrogens is 200 g/mol. The van der Waals surface area contributed by atoms with Crippen molar-refractivity contribution in [3.8, 4) is 5.75 Å². The molecule has 0 bridgehead atoms. The highest BCUT2D eigenvalue weighted by Crippen LogP contribution is 2.21. The Morgan fingerprint density at radius 3 is 2.75 bits per heavy atom. The molecule has 86 valence electrons. The highest BCUT2D eigenvalue weighted by atomic mass is 16.5. The smallest absolute Gasteiger partial charge is 0.120 e. The van der Waals surface area contributed by atoms with Gasteiger partial charge in [-0.05, 0) is 45.0 Å². The molecule has 0 unspecified atom stereocenters. The number of H-pyrrole nitrogens is 1. The molecule has 0 aliphatic heterocycles. The second-order valence-electron chi connectivity index (χ2n) is 4.98. The van der Waals surface area contributed by atoms with E-state index < -0.39 is 0 Å². The first-order valence-corrected chi connectivity index (χ1v) is 5.45. The van der Waals surface area contributed by atoms with Crippen LogP contribution in [0.1, 0.15) is 19.5 Å². The highest BCUT2D eigenvalue weighted by Gasteiger charge is 2.11. The van der Waals surface area contributed by atoms with Crippen molar-refractivity contribution in [2.24, 2.45) is 5.73 Å². The summed E-state index contributed by atoms with van der Waals surface area (Å²) < 4.78 is 5.65. The fraction of sp³-hybridized carbons (Fsp3) is 0.385. The lowest BCUT2D eigenvalue weighted by Gasteiger charge is -2.18. The van der Waals surface area contributed by atoms with Crippen molar-refractivity contribution < 1.29 is 4.74 Å². The summed E-state index contributed by atoms with van der Waals surface area (Å²) >= 11 is 0. The van der Waals surface area contributed by atoms with Crippen molar-refractivity contribution in [1.29, 1.82) is 0 Å². The van der Waals surface area contributed by atoms with E-state index in [1.165, 1.54) is 5.39 Å². The van der Waals surface area contributed by atoms with Crippen LogP contribution in [-0.2, 0) is 0 Å². The molecule has 0 amide bonds. The van der Waals surface area contributed by atoms with E-state index in [4.69, 9.17) is 10.5 Å². The van der Waals surface area contributed by atoms with Gasteiger partial charge in [0.1, 0.15) is 12.4 Å². The average molecular weight is 218 g/mol. The molecule has 0 spiro atoms. The third-order valence-corrected chi connectivity index (χ3v) is 2.34. The van der Waals surface area contributed by atoms with Gasteiger partial charge in [0.2, 0.25) is 0 Å². The van der Waals surface area contributed by atoms with Gasteiger partial charge in [-0.15, -0.1) is 0 Å². The Bertz CT molecular complexity index is 494. The zero-order valence-corrected chi connectivity index (χ0v) is 10.0. The second kappa shape index (κ2) is 3.83. The van der Waals surface area contributed by atoms with Crippen LogP contribution in [0.2, 0.25) is 0 Å². The minimum Gasteiger partial charge on any atom is -0.492 e. The summed E-state index contributed by atoms with van der Waals surface area (Å²) in [6.45, 7) is 6.46. The molecule has 2 rings (SSSR count). The molecule has 0 atom stereocenters. The highest BCUT2D eigenvalue weighted by molar-refractivity contribution is 5.81. The number of nitrogens with one attached hydrogen (secondary N) is 1. The van der Waals surface area contributed by atoms with E-state index in [9.17, 15) is 0 Å². The van der Waals surface area contributed by atoms with Crippen LogP contribution < -0.4 is 10.5 Å². The number of nitrogens with two attached hydrogens (primary N) is 1. The first-order valence-electron chi connectivity index (χ1n) is 5.45. The Hall–Kier alpha value is -1.48. The molecule has 0 aliphatic carbocycles. The minimum absolute atomic E-state index is 0.303. The first-order chi connectivity index (χ1) is 7.44. The van der Waals surface area contributed by atoms with Gasteiger partial charge in [0, 0.05) is 22.1 Å². The number of benzene rings is 1. The van der Waals surface area contributed by atoms with E-state index in [1.54, 1.807) is 0 Å². The number of fused-ring (bicyclic) bond motifs is 1. The van der Waals surface area contributed by atoms with Crippen molar-refractivity contribution in [2.75, 3.05) is 6.61 Å². The molecule has 3 N–H and O–H groups in total. The van der Waals surface area contributed by atoms with Gasteiger partial charge in [0.15, 0.2) is 0 Å². The molecule has 16 heavy (non-hydrogen) atoms. The van der Waals surface area contributed by atoms with Crippen LogP contribution in [0.5, 0.6) is 5.75 Å². The van der Waals surface area contributed by atoms with Gasteiger partial charge in [0.25, 0.3) is 0 Å². The SMILES string of the molecule is Cc1cc2cc(OCC(C)(C)N)ccc2[nH]1. The van der Waals surface area contributed by atoms with E-state index in [1.807, 2.05) is 39.0 Å². The molecule has 0 fully saturated rings. The zero-order valence-electron chi connectivity index (χ0n) is 10.0. The lowest BCUT2D eigenvalue weighted by molar-refractivity contribution is 0.243. The van der Waals surface area contributed by atoms with Crippen LogP contribution in [-0.4, -0.2) is 17.1 Å². The van der Waals surface area contributed by atoms with E-state index in [0.717, 1.165) is 17.0 Å². The minimum atomic E-state index is -0.303. The van der Waals surface area contributed by atoms with Crippen LogP contribution in [0.4, 0.5) is 0 Å². The molecule has 0 saturated carbocycles. The zero-order chi connectivity index (χ0) is 11.8. The van der Waals surface area contributed by atoms with Gasteiger partial charge < -0.3 is 15.5 Å². The molecule has 0 saturated heterocycles. The number of rotatable bonds is 3. The van der Waals surface area contributed by atoms with E-state index >= 15 is 0 Å². The van der Waals surface area contributed by atoms with Gasteiger partial charge in [-0.1, -0.05) is 0 Å². The third-order valence-electron chi connectivity index (χ3n) is 2.34. The summed E-state index contributed by atoms with van der Waals surface area (Å²) in [4.78, 5) is 3.28. The maximum absolute atomic E-state index is 5.87. The van der Waals surface area contributed by atoms with E-state index in [2.05, 4.69) is 11.1 Å². The molecule has 1 aromatic heterocycles. The summed E-state index contributed by atoms with van der Waals surface area (Å²) in [5, 5.41) is 1.17. The number of hydrogen-bond donors (Lipinski definition) is 2. The Balaban J connectivity index is 2.19. The number of ether oxygens (including phenoxy) is 1. The molecule has 1 heterocycles. The maximum atomic E-state index is 5.87. The summed E-state index contributed by atoms with van der Waals surface area (Å²) in [5.41, 5.74) is 7.86. The summed E-state index contributed by atoms with van der Waals surface area (Å²) in [5.74, 6) is 0.866. The van der Waals surface area contributed by atoms with Crippen molar-refractivity contribution >= 4 is 10.9 Å². The largest absolute Gasteiger partial charge is 0.492 e. The topological polar surface area (TPSA) is 51.0 Å². The van der Waals surface area contributed by atoms with Crippen molar-refractivity contribution in [1.82, 2.24) is 4.98 Å². The number of hydrogen-bond acceptors (Lipinski definition) is 2. The normalized spacial score (nSPS) is 12.0. The maximum Gasteiger partial charge on any atom is 0.120 e. The summed E-state index contributed by atoms with van der Waals surface area (Å²) in [6, 6.07) is 8.13. The summed E-state index contributed by atoms with van der Waals surface area (Å²) in [7, 11) is 0. The standard InChI is InChI=1S/C13H18N2O/c1-9-6-10-7-11(4-5-12(10)15-9)16-8-13(2,3)14/h4-7,15H,8,14H2,1-3H3. The molecule has 2 aromatic rings. The summed E-state index contributed by atoms with van der Waals surface area (Å²) in [6.07, 6.45) is 0. The van der Waals surface area contributed by atoms with Crippen LogP contribution in [0.3, 0.4) is 0 Å². The lowest BCUT2D eigenvalue weighted by Crippen LogP contribution is -2.38. The predicted octanol–water partition coefficient (Wildman–Crippen LogP) is 2.59. The van der Waals surface area contributed by atoms with E-state index in [-0.39, 0.29) is 5.54 Å². The average Bonchev–Trinajstić information content (AvgIpc) is 2.52. The van der Waals surface area contributed by atoms with Gasteiger partial charge >= 0.3 is 0 Å². The van der Waals surface area contributed by atoms with Gasteiger partial charge in [-0.3, -0.25) is 0 Å². The Morgan fingerprint density at radius 1 is 1.31 bits per heavy atom.